The number of nitrogens with two attached hydrogens (primary N) is 1. The molecule has 16 nitrogen and oxygen atoms in total. The van der Waals surface area contributed by atoms with Gasteiger partial charge >= 0.3 is 5.97 Å². The summed E-state index contributed by atoms with van der Waals surface area (Å²) >= 11 is 0. The normalized spacial score (nSPS) is 29.5. The summed E-state index contributed by atoms with van der Waals surface area (Å²) in [6, 6.07) is -1.14. The SMILES string of the molecule is C=CCC(C=C(C)C)C(=O)CC(O)C(C)C(OC(=O)C1CCCN1C(=O)C(=O)C1(O)OC(C(CC(C)C)OC)C(OC)CC1C)/C(C)=C/C1CCC(O)C(OC)C1.N=NN. The van der Waals surface area contributed by atoms with Crippen LogP contribution in [-0.4, -0.2) is 126 Å². The number of carbonyl (C=O) groups excluding carboxylic acids is 4. The first kappa shape index (κ1) is 52.8. The molecule has 2 heterocycles. The first-order valence-electron chi connectivity index (χ1n) is 21.2. The number of aliphatic hydroxyl groups excluding tert-OH is 2. The van der Waals surface area contributed by atoms with Crippen LogP contribution in [0.3, 0.4) is 0 Å². The molecular weight excluding hydrogens is 776 g/mol. The summed E-state index contributed by atoms with van der Waals surface area (Å²) in [6.07, 6.45) is 3.89. The summed E-state index contributed by atoms with van der Waals surface area (Å²) in [5.41, 5.74) is 7.22. The number of hydrogen-bond acceptors (Lipinski definition) is 14. The molecule has 1 aliphatic carbocycles. The zero-order chi connectivity index (χ0) is 45.5. The average molecular weight is 851 g/mol. The van der Waals surface area contributed by atoms with E-state index in [0.717, 1.165) is 10.5 Å². The second-order valence-electron chi connectivity index (χ2n) is 17.4. The molecule has 3 fully saturated rings. The maximum absolute atomic E-state index is 14.2. The second kappa shape index (κ2) is 24.9. The van der Waals surface area contributed by atoms with Crippen molar-refractivity contribution in [2.75, 3.05) is 27.9 Å². The number of nitrogens with zero attached hydrogens (tertiary/aromatic N) is 2. The molecule has 0 spiro atoms. The molecule has 0 aromatic rings. The van der Waals surface area contributed by atoms with Gasteiger partial charge in [0.1, 0.15) is 24.0 Å². The number of esters is 1. The molecule has 6 N–H and O–H groups in total. The Kier molecular flexibility index (Phi) is 21.9. The molecule has 13 unspecified atom stereocenters. The molecule has 13 atom stereocenters. The van der Waals surface area contributed by atoms with E-state index in [1.54, 1.807) is 34.0 Å². The van der Waals surface area contributed by atoms with E-state index in [1.807, 2.05) is 39.8 Å². The Morgan fingerprint density at radius 3 is 2.23 bits per heavy atom. The number of Topliss-reactive ketones (excluding diaryl/α,β-unsaturated/α-hetero) is 2. The third-order valence-electron chi connectivity index (χ3n) is 12.1. The maximum atomic E-state index is 14.2. The van der Waals surface area contributed by atoms with Crippen molar-refractivity contribution in [3.8, 4) is 0 Å². The largest absolute Gasteiger partial charge is 0.456 e. The number of ketones is 2. The van der Waals surface area contributed by atoms with E-state index in [4.69, 9.17) is 29.2 Å². The Balaban J connectivity index is 0.00000401. The van der Waals surface area contributed by atoms with E-state index in [-0.39, 0.29) is 49.5 Å². The van der Waals surface area contributed by atoms with Gasteiger partial charge in [0.2, 0.25) is 5.79 Å². The fourth-order valence-corrected chi connectivity index (χ4v) is 8.69. The van der Waals surface area contributed by atoms with Crippen molar-refractivity contribution < 1.29 is 58.2 Å². The van der Waals surface area contributed by atoms with E-state index in [2.05, 4.69) is 17.6 Å². The molecule has 2 aliphatic heterocycles. The van der Waals surface area contributed by atoms with Crippen LogP contribution in [0.4, 0.5) is 0 Å². The number of carbonyl (C=O) groups is 4. The standard InChI is InChI=1S/C44H71NO12.H3N3/c1-12-14-31(19-25(2)3)35(48)24-34(47)29(8)39(27(6)21-30-16-17-33(46)36(23-30)53-9)56-43(51)32-15-13-18-45(32)42(50)41(49)44(52)28(7)22-38(55-11)40(57-44)37(54-10)20-26(4)5;1-3-2/h12,19,21,26,28-34,36-40,46-47,52H,1,13-18,20,22-24H2,2-11H3;(H3,1,2)/b27-21+;. The Bertz CT molecular complexity index is 1500. The molecule has 3 rings (SSSR count). The molecule has 1 saturated carbocycles. The van der Waals surface area contributed by atoms with Crippen LogP contribution in [0.2, 0.25) is 0 Å². The molecule has 342 valence electrons. The number of hydrogen-bond donors (Lipinski definition) is 5. The van der Waals surface area contributed by atoms with Crippen molar-refractivity contribution in [3.63, 3.8) is 0 Å². The van der Waals surface area contributed by atoms with E-state index in [9.17, 15) is 34.5 Å². The summed E-state index contributed by atoms with van der Waals surface area (Å²) in [5, 5.41) is 36.0. The molecule has 2 saturated heterocycles. The van der Waals surface area contributed by atoms with Crippen LogP contribution in [0.5, 0.6) is 0 Å². The van der Waals surface area contributed by atoms with Crippen LogP contribution in [0.15, 0.2) is 41.2 Å². The van der Waals surface area contributed by atoms with E-state index in [0.29, 0.717) is 44.1 Å². The Morgan fingerprint density at radius 1 is 1.05 bits per heavy atom. The van der Waals surface area contributed by atoms with Gasteiger partial charge in [0.25, 0.3) is 11.7 Å². The van der Waals surface area contributed by atoms with Crippen LogP contribution >= 0.6 is 0 Å². The Hall–Kier alpha value is -3.38. The van der Waals surface area contributed by atoms with Gasteiger partial charge in [-0.25, -0.2) is 4.79 Å². The fourth-order valence-electron chi connectivity index (χ4n) is 8.69. The lowest BCUT2D eigenvalue weighted by molar-refractivity contribution is -0.302. The first-order valence-corrected chi connectivity index (χ1v) is 21.2. The minimum Gasteiger partial charge on any atom is -0.456 e. The molecule has 0 aromatic heterocycles. The predicted molar refractivity (Wildman–Crippen MR) is 224 cm³/mol. The van der Waals surface area contributed by atoms with E-state index < -0.39 is 83.9 Å². The van der Waals surface area contributed by atoms with Gasteiger partial charge in [-0.3, -0.25) is 14.4 Å². The van der Waals surface area contributed by atoms with Crippen LogP contribution in [0.1, 0.15) is 106 Å². The number of aliphatic hydroxyl groups is 3. The highest BCUT2D eigenvalue weighted by Crippen LogP contribution is 2.39. The van der Waals surface area contributed by atoms with Crippen LogP contribution in [-0.2, 0) is 42.9 Å². The summed E-state index contributed by atoms with van der Waals surface area (Å²) in [4.78, 5) is 56.8. The Labute approximate surface area is 356 Å². The monoisotopic (exact) mass is 851 g/mol. The second-order valence-corrected chi connectivity index (χ2v) is 17.4. The first-order chi connectivity index (χ1) is 28.2. The van der Waals surface area contributed by atoms with Crippen molar-refractivity contribution in [2.24, 2.45) is 40.7 Å². The number of ether oxygens (including phenoxy) is 5. The van der Waals surface area contributed by atoms with E-state index >= 15 is 0 Å². The molecule has 0 radical (unpaired) electrons. The average Bonchev–Trinajstić information content (AvgIpc) is 3.70. The highest BCUT2D eigenvalue weighted by molar-refractivity contribution is 6.39. The van der Waals surface area contributed by atoms with Crippen molar-refractivity contribution in [2.45, 2.75) is 161 Å². The minimum absolute atomic E-state index is 0.0136. The van der Waals surface area contributed by atoms with Gasteiger partial charge in [0.05, 0.1) is 30.5 Å². The van der Waals surface area contributed by atoms with Crippen LogP contribution < -0.4 is 5.84 Å². The number of nitrogens with one attached hydrogen (secondary N) is 1. The number of amides is 1. The molecule has 16 heteroatoms. The fraction of sp³-hybridized carbons (Fsp3) is 0.773. The highest BCUT2D eigenvalue weighted by Gasteiger charge is 2.56. The van der Waals surface area contributed by atoms with Gasteiger partial charge in [-0.05, 0) is 89.5 Å². The summed E-state index contributed by atoms with van der Waals surface area (Å²) in [5.74, 6) is -3.35. The molecule has 3 aliphatic rings. The topological polar surface area (TPSA) is 241 Å². The van der Waals surface area contributed by atoms with Crippen molar-refractivity contribution in [1.29, 1.82) is 5.53 Å². The lowest BCUT2D eigenvalue weighted by Gasteiger charge is -2.46. The molecule has 0 bridgehead atoms. The van der Waals surface area contributed by atoms with Gasteiger partial charge in [-0.1, -0.05) is 56.7 Å². The van der Waals surface area contributed by atoms with Gasteiger partial charge < -0.3 is 49.7 Å². The predicted octanol–water partition coefficient (Wildman–Crippen LogP) is 4.78. The van der Waals surface area contributed by atoms with Crippen molar-refractivity contribution in [3.05, 3.63) is 36.0 Å². The zero-order valence-electron chi connectivity index (χ0n) is 37.5. The lowest BCUT2D eigenvalue weighted by Crippen LogP contribution is -2.63. The highest BCUT2D eigenvalue weighted by atomic mass is 16.7. The van der Waals surface area contributed by atoms with Crippen LogP contribution in [0, 0.1) is 35.1 Å². The third-order valence-corrected chi connectivity index (χ3v) is 12.1. The van der Waals surface area contributed by atoms with Gasteiger partial charge in [0, 0.05) is 52.0 Å². The lowest BCUT2D eigenvalue weighted by atomic mass is 9.82. The Morgan fingerprint density at radius 2 is 1.68 bits per heavy atom. The maximum Gasteiger partial charge on any atom is 0.329 e. The summed E-state index contributed by atoms with van der Waals surface area (Å²) in [7, 11) is 4.60. The quantitative estimate of drug-likeness (QED) is 0.0277. The van der Waals surface area contributed by atoms with Gasteiger partial charge in [-0.2, -0.15) is 5.53 Å². The summed E-state index contributed by atoms with van der Waals surface area (Å²) < 4.78 is 29.2. The minimum atomic E-state index is -2.49. The smallest absolute Gasteiger partial charge is 0.329 e. The zero-order valence-corrected chi connectivity index (χ0v) is 37.5. The molecule has 60 heavy (non-hydrogen) atoms. The number of allylic oxidation sites excluding steroid dienone is 4. The number of likely N-dealkylation sites (tertiary alicyclic amines) is 1. The van der Waals surface area contributed by atoms with E-state index in [1.165, 1.54) is 14.2 Å². The molecular formula is C44H74N4O12. The van der Waals surface area contributed by atoms with Gasteiger partial charge in [-0.15, -0.1) is 6.58 Å². The summed E-state index contributed by atoms with van der Waals surface area (Å²) in [6.45, 7) is 16.8. The van der Waals surface area contributed by atoms with Crippen molar-refractivity contribution in [1.82, 2.24) is 4.90 Å². The third kappa shape index (κ3) is 14.1. The number of methoxy groups -OCH3 is 3. The van der Waals surface area contributed by atoms with Gasteiger partial charge in [0.15, 0.2) is 0 Å². The number of rotatable bonds is 20. The molecule has 0 aromatic carbocycles. The van der Waals surface area contributed by atoms with Crippen molar-refractivity contribution >= 4 is 23.4 Å². The molecule has 1 amide bonds. The van der Waals surface area contributed by atoms with Crippen LogP contribution in [0.25, 0.3) is 0 Å².